The number of carbonyl (C=O) groups excluding carboxylic acids is 2. The lowest BCUT2D eigenvalue weighted by Crippen LogP contribution is -2.52. The van der Waals surface area contributed by atoms with Crippen molar-refractivity contribution in [3.05, 3.63) is 59.2 Å². The van der Waals surface area contributed by atoms with Gasteiger partial charge in [0.1, 0.15) is 11.9 Å². The fourth-order valence-electron chi connectivity index (χ4n) is 5.43. The number of amides is 3. The quantitative estimate of drug-likeness (QED) is 0.731. The van der Waals surface area contributed by atoms with Gasteiger partial charge in [0, 0.05) is 19.0 Å². The molecule has 6 nitrogen and oxygen atoms in total. The fourth-order valence-corrected chi connectivity index (χ4v) is 5.43. The fraction of sp³-hybridized carbons (Fsp3) is 0.481. The lowest BCUT2D eigenvalue weighted by Gasteiger charge is -2.39. The third-order valence-corrected chi connectivity index (χ3v) is 7.23. The summed E-state index contributed by atoms with van der Waals surface area (Å²) in [5.41, 5.74) is 4.56. The van der Waals surface area contributed by atoms with Crippen molar-refractivity contribution >= 4 is 17.6 Å². The Bertz CT molecular complexity index is 1040. The first-order chi connectivity index (χ1) is 16.0. The summed E-state index contributed by atoms with van der Waals surface area (Å²) in [5.74, 6) is 0.848. The molecule has 2 aromatic rings. The molecule has 1 aliphatic carbocycles. The van der Waals surface area contributed by atoms with E-state index in [4.69, 9.17) is 4.74 Å². The maximum Gasteiger partial charge on any atom is 0.324 e. The highest BCUT2D eigenvalue weighted by Gasteiger charge is 2.34. The molecule has 0 bridgehead atoms. The van der Waals surface area contributed by atoms with Crippen LogP contribution in [0.2, 0.25) is 0 Å². The monoisotopic (exact) mass is 447 g/mol. The summed E-state index contributed by atoms with van der Waals surface area (Å²) in [7, 11) is 0. The predicted octanol–water partition coefficient (Wildman–Crippen LogP) is 4.61. The lowest BCUT2D eigenvalue weighted by molar-refractivity contribution is -0.127. The predicted molar refractivity (Wildman–Crippen MR) is 129 cm³/mol. The number of benzene rings is 2. The van der Waals surface area contributed by atoms with Gasteiger partial charge in [-0.1, -0.05) is 30.3 Å². The van der Waals surface area contributed by atoms with E-state index in [-0.39, 0.29) is 30.0 Å². The smallest absolute Gasteiger partial charge is 0.324 e. The molecule has 0 saturated carbocycles. The summed E-state index contributed by atoms with van der Waals surface area (Å²) in [6.45, 7) is 5.76. The average molecular weight is 448 g/mol. The Labute approximate surface area is 195 Å². The van der Waals surface area contributed by atoms with E-state index in [0.717, 1.165) is 36.3 Å². The van der Waals surface area contributed by atoms with Crippen LogP contribution in [-0.2, 0) is 11.2 Å². The van der Waals surface area contributed by atoms with Crippen LogP contribution in [0.3, 0.4) is 0 Å². The minimum Gasteiger partial charge on any atom is -0.487 e. The molecule has 3 aliphatic rings. The van der Waals surface area contributed by atoms with Crippen LogP contribution in [0.5, 0.6) is 5.75 Å². The number of hydrogen-bond donors (Lipinski definition) is 1. The highest BCUT2D eigenvalue weighted by molar-refractivity contribution is 5.94. The highest BCUT2D eigenvalue weighted by Crippen LogP contribution is 2.35. The molecular weight excluding hydrogens is 414 g/mol. The first kappa shape index (κ1) is 21.8. The first-order valence-corrected chi connectivity index (χ1v) is 12.2. The Morgan fingerprint density at radius 2 is 1.85 bits per heavy atom. The standard InChI is InChI=1S/C27H33N3O3/c1-18-10-11-25-24(16-18)30(17-19(2)33-25)27(32)29-14-12-21(13-15-29)26(31)28-23-9-5-7-20-6-3-4-8-22(20)23/h3-4,6,8,10-11,16,19,21,23H,5,7,9,12-15,17H2,1-2H3,(H,28,31)/t19-,23+/m0/s1. The number of ether oxygens (including phenoxy) is 1. The average Bonchev–Trinajstić information content (AvgIpc) is 2.83. The van der Waals surface area contributed by atoms with Crippen LogP contribution in [0.15, 0.2) is 42.5 Å². The van der Waals surface area contributed by atoms with E-state index in [0.29, 0.717) is 32.5 Å². The van der Waals surface area contributed by atoms with Crippen molar-refractivity contribution in [1.82, 2.24) is 10.2 Å². The van der Waals surface area contributed by atoms with E-state index in [2.05, 4.69) is 29.6 Å². The van der Waals surface area contributed by atoms with Crippen molar-refractivity contribution in [2.75, 3.05) is 24.5 Å². The van der Waals surface area contributed by atoms with E-state index in [9.17, 15) is 9.59 Å². The van der Waals surface area contributed by atoms with Crippen molar-refractivity contribution in [1.29, 1.82) is 0 Å². The van der Waals surface area contributed by atoms with Gasteiger partial charge in [-0.05, 0) is 74.8 Å². The molecule has 3 amide bonds. The molecule has 6 heteroatoms. The summed E-state index contributed by atoms with van der Waals surface area (Å²) in [5, 5.41) is 3.31. The minimum atomic E-state index is -0.0501. The second-order valence-electron chi connectivity index (χ2n) is 9.71. The summed E-state index contributed by atoms with van der Waals surface area (Å²) in [6.07, 6.45) is 4.54. The van der Waals surface area contributed by atoms with E-state index in [1.54, 1.807) is 0 Å². The Morgan fingerprint density at radius 3 is 2.67 bits per heavy atom. The Balaban J connectivity index is 1.21. The van der Waals surface area contributed by atoms with Crippen LogP contribution < -0.4 is 15.0 Å². The molecule has 2 aliphatic heterocycles. The van der Waals surface area contributed by atoms with Gasteiger partial charge >= 0.3 is 6.03 Å². The molecule has 0 radical (unpaired) electrons. The van der Waals surface area contributed by atoms with Gasteiger partial charge in [-0.3, -0.25) is 9.69 Å². The molecule has 1 fully saturated rings. The molecule has 1 N–H and O–H groups in total. The largest absolute Gasteiger partial charge is 0.487 e. The van der Waals surface area contributed by atoms with Crippen LogP contribution in [0, 0.1) is 12.8 Å². The second kappa shape index (κ2) is 9.08. The normalized spacial score (nSPS) is 22.7. The molecule has 1 saturated heterocycles. The van der Waals surface area contributed by atoms with Crippen molar-refractivity contribution < 1.29 is 14.3 Å². The molecule has 0 unspecified atom stereocenters. The SMILES string of the molecule is Cc1ccc2c(c1)N(C(=O)N1CCC(C(=O)N[C@@H]3CCCc4ccccc43)CC1)C[C@H](C)O2. The van der Waals surface area contributed by atoms with Gasteiger partial charge in [0.2, 0.25) is 5.91 Å². The molecule has 174 valence electrons. The number of anilines is 1. The number of nitrogens with zero attached hydrogens (tertiary/aromatic N) is 2. The van der Waals surface area contributed by atoms with E-state index in [1.807, 2.05) is 41.8 Å². The van der Waals surface area contributed by atoms with Crippen LogP contribution >= 0.6 is 0 Å². The molecular formula is C27H33N3O3. The Kier molecular flexibility index (Phi) is 6.00. The zero-order valence-electron chi connectivity index (χ0n) is 19.5. The van der Waals surface area contributed by atoms with Gasteiger partial charge in [-0.15, -0.1) is 0 Å². The van der Waals surface area contributed by atoms with Gasteiger partial charge in [0.05, 0.1) is 18.3 Å². The van der Waals surface area contributed by atoms with Crippen LogP contribution in [0.1, 0.15) is 55.3 Å². The first-order valence-electron chi connectivity index (χ1n) is 12.2. The van der Waals surface area contributed by atoms with Gasteiger partial charge in [0.25, 0.3) is 0 Å². The van der Waals surface area contributed by atoms with Gasteiger partial charge in [-0.25, -0.2) is 4.79 Å². The number of nitrogens with one attached hydrogen (secondary N) is 1. The van der Waals surface area contributed by atoms with Crippen LogP contribution in [-0.4, -0.2) is 42.6 Å². The van der Waals surface area contributed by atoms with Crippen molar-refractivity contribution in [3.63, 3.8) is 0 Å². The maximum atomic E-state index is 13.4. The Morgan fingerprint density at radius 1 is 1.06 bits per heavy atom. The summed E-state index contributed by atoms with van der Waals surface area (Å²) in [6, 6.07) is 14.5. The minimum absolute atomic E-state index is 0.0112. The summed E-state index contributed by atoms with van der Waals surface area (Å²) in [4.78, 5) is 30.2. The van der Waals surface area contributed by atoms with Crippen molar-refractivity contribution in [2.24, 2.45) is 5.92 Å². The van der Waals surface area contributed by atoms with Gasteiger partial charge < -0.3 is 15.0 Å². The van der Waals surface area contributed by atoms with Crippen LogP contribution in [0.4, 0.5) is 10.5 Å². The maximum absolute atomic E-state index is 13.4. The van der Waals surface area contributed by atoms with Crippen LogP contribution in [0.25, 0.3) is 0 Å². The number of hydrogen-bond acceptors (Lipinski definition) is 3. The van der Waals surface area contributed by atoms with Crippen molar-refractivity contribution in [3.8, 4) is 5.75 Å². The van der Waals surface area contributed by atoms with Gasteiger partial charge in [0.15, 0.2) is 0 Å². The summed E-state index contributed by atoms with van der Waals surface area (Å²) < 4.78 is 5.93. The number of rotatable bonds is 2. The third-order valence-electron chi connectivity index (χ3n) is 7.23. The number of carbonyl (C=O) groups is 2. The molecule has 33 heavy (non-hydrogen) atoms. The zero-order chi connectivity index (χ0) is 22.9. The topological polar surface area (TPSA) is 61.9 Å². The number of urea groups is 1. The molecule has 2 heterocycles. The van der Waals surface area contributed by atoms with Crippen molar-refractivity contribution in [2.45, 2.75) is 58.1 Å². The number of piperidine rings is 1. The highest BCUT2D eigenvalue weighted by atomic mass is 16.5. The summed E-state index contributed by atoms with van der Waals surface area (Å²) >= 11 is 0. The van der Waals surface area contributed by atoms with E-state index < -0.39 is 0 Å². The molecule has 2 atom stereocenters. The van der Waals surface area contributed by atoms with Gasteiger partial charge in [-0.2, -0.15) is 0 Å². The number of aryl methyl sites for hydroxylation is 2. The molecule has 0 aromatic heterocycles. The Hall–Kier alpha value is -3.02. The second-order valence-corrected chi connectivity index (χ2v) is 9.71. The molecule has 5 rings (SSSR count). The number of fused-ring (bicyclic) bond motifs is 2. The zero-order valence-corrected chi connectivity index (χ0v) is 19.5. The molecule has 0 spiro atoms. The van der Waals surface area contributed by atoms with E-state index >= 15 is 0 Å². The molecule has 2 aromatic carbocycles. The van der Waals surface area contributed by atoms with E-state index in [1.165, 1.54) is 11.1 Å². The lowest BCUT2D eigenvalue weighted by atomic mass is 9.87. The number of likely N-dealkylation sites (tertiary alicyclic amines) is 1. The third kappa shape index (κ3) is 4.43.